The van der Waals surface area contributed by atoms with Crippen molar-refractivity contribution in [3.05, 3.63) is 29.8 Å². The molecule has 0 unspecified atom stereocenters. The van der Waals surface area contributed by atoms with Crippen molar-refractivity contribution >= 4 is 27.5 Å². The molecule has 2 aliphatic rings. The van der Waals surface area contributed by atoms with Crippen LogP contribution in [0, 0.1) is 6.92 Å². The molecular formula is C18H21N3O4S2. The van der Waals surface area contributed by atoms with Crippen LogP contribution in [0.5, 0.6) is 0 Å². The lowest BCUT2D eigenvalue weighted by molar-refractivity contribution is -0.130. The van der Waals surface area contributed by atoms with E-state index in [1.54, 1.807) is 4.90 Å². The third-order valence-corrected chi connectivity index (χ3v) is 7.48. The summed E-state index contributed by atoms with van der Waals surface area (Å²) in [6.07, 6.45) is 2.43. The van der Waals surface area contributed by atoms with Crippen LogP contribution in [-0.4, -0.2) is 58.8 Å². The van der Waals surface area contributed by atoms with Crippen LogP contribution in [-0.2, 0) is 14.6 Å². The van der Waals surface area contributed by atoms with Gasteiger partial charge in [-0.1, -0.05) is 30.0 Å². The molecule has 0 N–H and O–H groups in total. The Morgan fingerprint density at radius 3 is 2.67 bits per heavy atom. The SMILES string of the molecule is Cc1ccccc1-c1nnc(SCC(=O)N(C2CC2)[C@H]2CCS(=O)(=O)C2)o1. The highest BCUT2D eigenvalue weighted by Crippen LogP contribution is 2.33. The van der Waals surface area contributed by atoms with E-state index in [4.69, 9.17) is 4.42 Å². The third-order valence-electron chi connectivity index (χ3n) is 4.93. The molecule has 7 nitrogen and oxygen atoms in total. The number of benzene rings is 1. The van der Waals surface area contributed by atoms with Crippen LogP contribution in [0.4, 0.5) is 0 Å². The molecule has 9 heteroatoms. The minimum absolute atomic E-state index is 0.0553. The van der Waals surface area contributed by atoms with Crippen LogP contribution >= 0.6 is 11.8 Å². The fourth-order valence-corrected chi connectivity index (χ4v) is 5.78. The van der Waals surface area contributed by atoms with Gasteiger partial charge < -0.3 is 9.32 Å². The van der Waals surface area contributed by atoms with Crippen LogP contribution in [0.3, 0.4) is 0 Å². The summed E-state index contributed by atoms with van der Waals surface area (Å²) < 4.78 is 29.2. The van der Waals surface area contributed by atoms with E-state index in [9.17, 15) is 13.2 Å². The summed E-state index contributed by atoms with van der Waals surface area (Å²) in [4.78, 5) is 14.5. The predicted octanol–water partition coefficient (Wildman–Crippen LogP) is 2.32. The van der Waals surface area contributed by atoms with Crippen LogP contribution in [0.1, 0.15) is 24.8 Å². The fourth-order valence-electron chi connectivity index (χ4n) is 3.44. The van der Waals surface area contributed by atoms with Crippen LogP contribution in [0.2, 0.25) is 0 Å². The van der Waals surface area contributed by atoms with Crippen molar-refractivity contribution in [3.63, 3.8) is 0 Å². The average molecular weight is 408 g/mol. The zero-order valence-corrected chi connectivity index (χ0v) is 16.6. The molecule has 144 valence electrons. The predicted molar refractivity (Wildman–Crippen MR) is 102 cm³/mol. The maximum Gasteiger partial charge on any atom is 0.277 e. The van der Waals surface area contributed by atoms with Gasteiger partial charge in [0.2, 0.25) is 11.8 Å². The molecule has 1 saturated heterocycles. The molecule has 1 atom stereocenters. The van der Waals surface area contributed by atoms with Gasteiger partial charge >= 0.3 is 0 Å². The molecule has 4 rings (SSSR count). The Kier molecular flexibility index (Phi) is 4.98. The number of hydrogen-bond donors (Lipinski definition) is 0. The first-order valence-electron chi connectivity index (χ1n) is 8.97. The number of aryl methyl sites for hydroxylation is 1. The Morgan fingerprint density at radius 2 is 2.00 bits per heavy atom. The Balaban J connectivity index is 1.41. The minimum atomic E-state index is -3.02. The highest BCUT2D eigenvalue weighted by atomic mass is 32.2. The zero-order valence-electron chi connectivity index (χ0n) is 15.0. The normalized spacial score (nSPS) is 21.3. The third kappa shape index (κ3) is 4.19. The molecule has 1 aromatic heterocycles. The number of nitrogens with zero attached hydrogens (tertiary/aromatic N) is 3. The lowest BCUT2D eigenvalue weighted by Gasteiger charge is -2.28. The molecule has 2 heterocycles. The molecule has 2 aromatic rings. The number of carbonyl (C=O) groups is 1. The van der Waals surface area contributed by atoms with Gasteiger partial charge in [-0.15, -0.1) is 10.2 Å². The summed E-state index contributed by atoms with van der Waals surface area (Å²) in [7, 11) is -3.02. The summed E-state index contributed by atoms with van der Waals surface area (Å²) in [6.45, 7) is 1.97. The Morgan fingerprint density at radius 1 is 1.22 bits per heavy atom. The van der Waals surface area contributed by atoms with Crippen molar-refractivity contribution in [2.24, 2.45) is 0 Å². The number of aromatic nitrogens is 2. The smallest absolute Gasteiger partial charge is 0.277 e. The lowest BCUT2D eigenvalue weighted by Crippen LogP contribution is -2.43. The van der Waals surface area contributed by atoms with Crippen LogP contribution < -0.4 is 0 Å². The molecule has 2 fully saturated rings. The van der Waals surface area contributed by atoms with Crippen LogP contribution in [0.25, 0.3) is 11.5 Å². The fraction of sp³-hybridized carbons (Fsp3) is 0.500. The van der Waals surface area contributed by atoms with Gasteiger partial charge in [0.15, 0.2) is 9.84 Å². The molecule has 1 saturated carbocycles. The minimum Gasteiger partial charge on any atom is -0.411 e. The number of sulfone groups is 1. The van der Waals surface area contributed by atoms with Gasteiger partial charge in [-0.05, 0) is 37.8 Å². The van der Waals surface area contributed by atoms with Gasteiger partial charge in [-0.25, -0.2) is 8.42 Å². The molecule has 1 aliphatic carbocycles. The molecule has 1 amide bonds. The van der Waals surface area contributed by atoms with E-state index in [0.29, 0.717) is 17.5 Å². The first-order valence-corrected chi connectivity index (χ1v) is 11.8. The Bertz CT molecular complexity index is 953. The highest BCUT2D eigenvalue weighted by molar-refractivity contribution is 7.99. The highest BCUT2D eigenvalue weighted by Gasteiger charge is 2.42. The number of carbonyl (C=O) groups excluding carboxylic acids is 1. The first-order chi connectivity index (χ1) is 12.9. The maximum atomic E-state index is 12.7. The van der Waals surface area contributed by atoms with E-state index in [1.807, 2.05) is 31.2 Å². The van der Waals surface area contributed by atoms with E-state index in [-0.39, 0.29) is 35.2 Å². The first kappa shape index (κ1) is 18.5. The molecule has 27 heavy (non-hydrogen) atoms. The van der Waals surface area contributed by atoms with Gasteiger partial charge in [-0.3, -0.25) is 4.79 Å². The number of hydrogen-bond acceptors (Lipinski definition) is 7. The molecule has 0 spiro atoms. The molecule has 0 bridgehead atoms. The van der Waals surface area contributed by atoms with E-state index in [2.05, 4.69) is 10.2 Å². The topological polar surface area (TPSA) is 93.4 Å². The quantitative estimate of drug-likeness (QED) is 0.678. The number of thioether (sulfide) groups is 1. The number of rotatable bonds is 6. The van der Waals surface area contributed by atoms with Crippen molar-refractivity contribution in [1.82, 2.24) is 15.1 Å². The molecule has 0 radical (unpaired) electrons. The second kappa shape index (κ2) is 7.27. The molecular weight excluding hydrogens is 386 g/mol. The molecule has 1 aliphatic heterocycles. The van der Waals surface area contributed by atoms with E-state index < -0.39 is 9.84 Å². The van der Waals surface area contributed by atoms with E-state index in [1.165, 1.54) is 11.8 Å². The summed E-state index contributed by atoms with van der Waals surface area (Å²) in [5.41, 5.74) is 1.91. The largest absolute Gasteiger partial charge is 0.411 e. The lowest BCUT2D eigenvalue weighted by atomic mass is 10.1. The Labute approximate surface area is 162 Å². The monoisotopic (exact) mass is 407 g/mol. The van der Waals surface area contributed by atoms with Gasteiger partial charge in [0.05, 0.1) is 17.3 Å². The second-order valence-corrected chi connectivity index (χ2v) is 10.2. The van der Waals surface area contributed by atoms with Crippen LogP contribution in [0.15, 0.2) is 33.9 Å². The van der Waals surface area contributed by atoms with E-state index >= 15 is 0 Å². The molecule has 1 aromatic carbocycles. The summed E-state index contributed by atoms with van der Waals surface area (Å²) in [5.74, 6) is 0.801. The average Bonchev–Trinajstić information content (AvgIpc) is 3.23. The van der Waals surface area contributed by atoms with Gasteiger partial charge in [0.1, 0.15) is 0 Å². The van der Waals surface area contributed by atoms with Gasteiger partial charge in [-0.2, -0.15) is 0 Å². The van der Waals surface area contributed by atoms with Crippen molar-refractivity contribution < 1.29 is 17.6 Å². The van der Waals surface area contributed by atoms with Gasteiger partial charge in [0, 0.05) is 17.6 Å². The van der Waals surface area contributed by atoms with Gasteiger partial charge in [0.25, 0.3) is 5.22 Å². The zero-order chi connectivity index (χ0) is 19.0. The van der Waals surface area contributed by atoms with E-state index in [0.717, 1.165) is 24.0 Å². The van der Waals surface area contributed by atoms with Crippen molar-refractivity contribution in [2.75, 3.05) is 17.3 Å². The maximum absolute atomic E-state index is 12.7. The second-order valence-electron chi connectivity index (χ2n) is 7.07. The Hall–Kier alpha value is -1.87. The van der Waals surface area contributed by atoms with Crippen molar-refractivity contribution in [3.8, 4) is 11.5 Å². The van der Waals surface area contributed by atoms with Crippen molar-refractivity contribution in [2.45, 2.75) is 43.5 Å². The van der Waals surface area contributed by atoms with Crippen molar-refractivity contribution in [1.29, 1.82) is 0 Å². The standard InChI is InChI=1S/C18H21N3O4S2/c1-12-4-2-3-5-15(12)17-19-20-18(25-17)26-10-16(22)21(13-6-7-13)14-8-9-27(23,24)11-14/h2-5,13-14H,6-11H2,1H3/t14-/m0/s1. The summed E-state index contributed by atoms with van der Waals surface area (Å²) in [6, 6.07) is 7.73. The summed E-state index contributed by atoms with van der Waals surface area (Å²) in [5, 5.41) is 8.44. The number of amides is 1. The summed E-state index contributed by atoms with van der Waals surface area (Å²) >= 11 is 1.20.